The Hall–Kier alpha value is -2.84. The third-order valence-corrected chi connectivity index (χ3v) is 4.65. The molecule has 118 valence electrons. The molecule has 24 heavy (non-hydrogen) atoms. The van der Waals surface area contributed by atoms with E-state index in [2.05, 4.69) is 42.5 Å². The van der Waals surface area contributed by atoms with Gasteiger partial charge in [0.05, 0.1) is 11.1 Å². The summed E-state index contributed by atoms with van der Waals surface area (Å²) in [7, 11) is 0. The molecule has 0 saturated heterocycles. The SMILES string of the molecule is N#CC1=C(\C#N)C2=CC=C(/C=C\1)CCCc1ccc(cc1)CCC2. The van der Waals surface area contributed by atoms with Crippen LogP contribution in [0.25, 0.3) is 0 Å². The van der Waals surface area contributed by atoms with Crippen LogP contribution < -0.4 is 0 Å². The van der Waals surface area contributed by atoms with Crippen molar-refractivity contribution in [2.75, 3.05) is 0 Å². The number of nitriles is 2. The number of hydrogen-bond donors (Lipinski definition) is 0. The van der Waals surface area contributed by atoms with Gasteiger partial charge in [0.1, 0.15) is 12.1 Å². The van der Waals surface area contributed by atoms with E-state index < -0.39 is 0 Å². The fourth-order valence-corrected chi connectivity index (χ4v) is 3.25. The summed E-state index contributed by atoms with van der Waals surface area (Å²) in [5.41, 5.74) is 5.90. The van der Waals surface area contributed by atoms with Crippen LogP contribution in [-0.4, -0.2) is 0 Å². The summed E-state index contributed by atoms with van der Waals surface area (Å²) in [6.07, 6.45) is 13.8. The minimum Gasteiger partial charge on any atom is -0.192 e. The lowest BCUT2D eigenvalue weighted by Crippen LogP contribution is -1.98. The van der Waals surface area contributed by atoms with Crippen LogP contribution in [0, 0.1) is 22.7 Å². The molecule has 0 radical (unpaired) electrons. The second kappa shape index (κ2) is 7.62. The van der Waals surface area contributed by atoms with Crippen LogP contribution in [0.5, 0.6) is 0 Å². The van der Waals surface area contributed by atoms with E-state index in [1.807, 2.05) is 12.2 Å². The number of nitrogens with zero attached hydrogens (tertiary/aromatic N) is 2. The first-order valence-electron chi connectivity index (χ1n) is 8.50. The van der Waals surface area contributed by atoms with E-state index in [1.165, 1.54) is 16.7 Å². The Balaban J connectivity index is 1.96. The topological polar surface area (TPSA) is 47.6 Å². The molecule has 0 fully saturated rings. The molecule has 0 aromatic heterocycles. The van der Waals surface area contributed by atoms with Gasteiger partial charge in [-0.15, -0.1) is 0 Å². The normalized spacial score (nSPS) is 22.2. The van der Waals surface area contributed by atoms with Gasteiger partial charge in [-0.2, -0.15) is 10.5 Å². The van der Waals surface area contributed by atoms with Gasteiger partial charge in [-0.3, -0.25) is 0 Å². The van der Waals surface area contributed by atoms with Crippen LogP contribution in [0.3, 0.4) is 0 Å². The fourth-order valence-electron chi connectivity index (χ4n) is 3.25. The molecular weight excluding hydrogens is 292 g/mol. The van der Waals surface area contributed by atoms with Gasteiger partial charge in [0.15, 0.2) is 0 Å². The fraction of sp³-hybridized carbons (Fsp3) is 0.273. The highest BCUT2D eigenvalue weighted by Gasteiger charge is 2.12. The van der Waals surface area contributed by atoms with Crippen LogP contribution in [0.2, 0.25) is 0 Å². The quantitative estimate of drug-likeness (QED) is 0.668. The van der Waals surface area contributed by atoms with Crippen molar-refractivity contribution in [1.82, 2.24) is 0 Å². The lowest BCUT2D eigenvalue weighted by Gasteiger charge is -2.12. The number of aryl methyl sites for hydroxylation is 2. The van der Waals surface area contributed by atoms with Crippen LogP contribution in [-0.2, 0) is 12.8 Å². The van der Waals surface area contributed by atoms with E-state index in [1.54, 1.807) is 6.08 Å². The molecule has 0 atom stereocenters. The van der Waals surface area contributed by atoms with Crippen LogP contribution in [0.15, 0.2) is 70.9 Å². The van der Waals surface area contributed by atoms with E-state index in [0.29, 0.717) is 11.1 Å². The number of benzene rings is 1. The zero-order valence-electron chi connectivity index (χ0n) is 13.8. The molecule has 1 aromatic carbocycles. The van der Waals surface area contributed by atoms with Crippen LogP contribution in [0.4, 0.5) is 0 Å². The Morgan fingerprint density at radius 3 is 2.00 bits per heavy atom. The monoisotopic (exact) mass is 312 g/mol. The first kappa shape index (κ1) is 16.0. The summed E-state index contributed by atoms with van der Waals surface area (Å²) in [5.74, 6) is 0. The summed E-state index contributed by atoms with van der Waals surface area (Å²) in [6, 6.07) is 13.3. The maximum absolute atomic E-state index is 9.52. The summed E-state index contributed by atoms with van der Waals surface area (Å²) in [6.45, 7) is 0. The molecule has 4 bridgehead atoms. The molecule has 0 unspecified atom stereocenters. The van der Waals surface area contributed by atoms with Gasteiger partial charge in [0.2, 0.25) is 0 Å². The molecule has 0 spiro atoms. The van der Waals surface area contributed by atoms with Crippen molar-refractivity contribution >= 4 is 0 Å². The van der Waals surface area contributed by atoms with Gasteiger partial charge in [-0.1, -0.05) is 42.5 Å². The second-order valence-corrected chi connectivity index (χ2v) is 6.30. The maximum atomic E-state index is 9.52. The number of hydrogen-bond acceptors (Lipinski definition) is 2. The van der Waals surface area contributed by atoms with Crippen molar-refractivity contribution in [3.05, 3.63) is 82.0 Å². The molecule has 3 aliphatic rings. The molecule has 1 aromatic rings. The zero-order chi connectivity index (χ0) is 16.8. The first-order valence-corrected chi connectivity index (χ1v) is 8.50. The highest BCUT2D eigenvalue weighted by molar-refractivity contribution is 5.57. The van der Waals surface area contributed by atoms with Gasteiger partial charge in [0, 0.05) is 0 Å². The third-order valence-electron chi connectivity index (χ3n) is 4.65. The van der Waals surface area contributed by atoms with E-state index >= 15 is 0 Å². The molecule has 2 nitrogen and oxygen atoms in total. The summed E-state index contributed by atoms with van der Waals surface area (Å²) >= 11 is 0. The number of fused-ring (bicyclic) bond motifs is 6. The average Bonchev–Trinajstić information content (AvgIpc) is 2.60. The molecule has 0 heterocycles. The molecule has 3 aliphatic carbocycles. The smallest absolute Gasteiger partial charge is 0.101 e. The third kappa shape index (κ3) is 3.73. The number of allylic oxidation sites excluding steroid dienone is 8. The first-order chi connectivity index (χ1) is 11.8. The standard InChI is InChI=1S/C22H20N2/c23-15-21-14-12-19-4-1-3-17-7-9-18(10-8-17)5-2-6-20(13-11-19)22(21)16-24/h7-14H,1-6H2/b13-11?,14-12-,19-11?,19-12?,20-13?,21-14?,22-20?,22-21+. The van der Waals surface area contributed by atoms with Crippen molar-refractivity contribution in [3.63, 3.8) is 0 Å². The molecule has 2 heteroatoms. The van der Waals surface area contributed by atoms with Crippen molar-refractivity contribution in [2.45, 2.75) is 38.5 Å². The van der Waals surface area contributed by atoms with Crippen LogP contribution in [0.1, 0.15) is 36.8 Å². The molecule has 0 amide bonds. The van der Waals surface area contributed by atoms with Crippen molar-refractivity contribution < 1.29 is 0 Å². The van der Waals surface area contributed by atoms with E-state index in [0.717, 1.165) is 44.1 Å². The Morgan fingerprint density at radius 1 is 0.708 bits per heavy atom. The van der Waals surface area contributed by atoms with Crippen molar-refractivity contribution in [2.24, 2.45) is 0 Å². The Bertz CT molecular complexity index is 818. The lowest BCUT2D eigenvalue weighted by atomic mass is 9.91. The Labute approximate surface area is 143 Å². The molecular formula is C22H20N2. The van der Waals surface area contributed by atoms with E-state index in [9.17, 15) is 10.5 Å². The average molecular weight is 312 g/mol. The predicted octanol–water partition coefficient (Wildman–Crippen LogP) is 5.11. The Kier molecular flexibility index (Phi) is 5.09. The molecule has 0 aliphatic heterocycles. The van der Waals surface area contributed by atoms with Gasteiger partial charge < -0.3 is 0 Å². The largest absolute Gasteiger partial charge is 0.192 e. The summed E-state index contributed by atoms with van der Waals surface area (Å²) in [4.78, 5) is 0. The summed E-state index contributed by atoms with van der Waals surface area (Å²) < 4.78 is 0. The zero-order valence-corrected chi connectivity index (χ0v) is 13.8. The van der Waals surface area contributed by atoms with Gasteiger partial charge >= 0.3 is 0 Å². The summed E-state index contributed by atoms with van der Waals surface area (Å²) in [5, 5.41) is 18.9. The lowest BCUT2D eigenvalue weighted by molar-refractivity contribution is 0.805. The predicted molar refractivity (Wildman–Crippen MR) is 95.9 cm³/mol. The minimum absolute atomic E-state index is 0.477. The molecule has 0 N–H and O–H groups in total. The van der Waals surface area contributed by atoms with E-state index in [-0.39, 0.29) is 0 Å². The van der Waals surface area contributed by atoms with Crippen LogP contribution >= 0.6 is 0 Å². The van der Waals surface area contributed by atoms with Gasteiger partial charge in [0.25, 0.3) is 0 Å². The van der Waals surface area contributed by atoms with Crippen molar-refractivity contribution in [1.29, 1.82) is 10.5 Å². The maximum Gasteiger partial charge on any atom is 0.101 e. The van der Waals surface area contributed by atoms with Gasteiger partial charge in [-0.25, -0.2) is 0 Å². The molecule has 0 saturated carbocycles. The van der Waals surface area contributed by atoms with E-state index in [4.69, 9.17) is 0 Å². The highest BCUT2D eigenvalue weighted by atomic mass is 14.3. The van der Waals surface area contributed by atoms with Gasteiger partial charge in [-0.05, 0) is 66.9 Å². The Morgan fingerprint density at radius 2 is 1.38 bits per heavy atom. The molecule has 4 rings (SSSR count). The minimum atomic E-state index is 0.477. The second-order valence-electron chi connectivity index (χ2n) is 6.30. The number of rotatable bonds is 0. The van der Waals surface area contributed by atoms with Crippen molar-refractivity contribution in [3.8, 4) is 12.1 Å². The highest BCUT2D eigenvalue weighted by Crippen LogP contribution is 2.25.